The van der Waals surface area contributed by atoms with Gasteiger partial charge in [0.15, 0.2) is 0 Å². The molecule has 14 heavy (non-hydrogen) atoms. The predicted molar refractivity (Wildman–Crippen MR) is 63.0 cm³/mol. The molecule has 0 bridgehead atoms. The molecule has 1 aliphatic rings. The molecule has 1 heterocycles. The van der Waals surface area contributed by atoms with E-state index in [-0.39, 0.29) is 5.41 Å². The van der Waals surface area contributed by atoms with E-state index >= 15 is 0 Å². The quantitative estimate of drug-likeness (QED) is 0.668. The average Bonchev–Trinajstić information content (AvgIpc) is 2.07. The maximum absolute atomic E-state index is 6.30. The fourth-order valence-electron chi connectivity index (χ4n) is 1.97. The van der Waals surface area contributed by atoms with Crippen LogP contribution in [0.3, 0.4) is 0 Å². The van der Waals surface area contributed by atoms with Crippen molar-refractivity contribution in [2.45, 2.75) is 25.6 Å². The molecule has 1 unspecified atom stereocenters. The smallest absolute Gasteiger partial charge is 0.0411 e. The van der Waals surface area contributed by atoms with Gasteiger partial charge >= 0.3 is 0 Å². The molecule has 1 atom stereocenters. The highest BCUT2D eigenvalue weighted by Crippen LogP contribution is 2.32. The Hall–Kier alpha value is 0.210. The second kappa shape index (κ2) is 4.82. The van der Waals surface area contributed by atoms with Gasteiger partial charge in [0.05, 0.1) is 0 Å². The van der Waals surface area contributed by atoms with Crippen LogP contribution in [0.4, 0.5) is 0 Å². The number of likely N-dealkylation sites (tertiary alicyclic amines) is 1. The topological polar surface area (TPSA) is 6.48 Å². The molecule has 1 saturated heterocycles. The molecule has 0 N–H and O–H groups in total. The van der Waals surface area contributed by atoms with Crippen molar-refractivity contribution < 1.29 is 0 Å². The molecule has 2 nitrogen and oxygen atoms in total. The summed E-state index contributed by atoms with van der Waals surface area (Å²) >= 11 is 6.30. The summed E-state index contributed by atoms with van der Waals surface area (Å²) in [4.78, 5) is 4.76. The van der Waals surface area contributed by atoms with Gasteiger partial charge in [-0.3, -0.25) is 0 Å². The Morgan fingerprint density at radius 2 is 2.07 bits per heavy atom. The van der Waals surface area contributed by atoms with E-state index in [1.807, 2.05) is 0 Å². The van der Waals surface area contributed by atoms with Crippen molar-refractivity contribution in [2.75, 3.05) is 40.3 Å². The maximum Gasteiger partial charge on any atom is 0.0411 e. The van der Waals surface area contributed by atoms with Gasteiger partial charge in [-0.05, 0) is 32.5 Å². The Morgan fingerprint density at radius 1 is 1.43 bits per heavy atom. The van der Waals surface area contributed by atoms with E-state index < -0.39 is 0 Å². The third-order valence-electron chi connectivity index (χ3n) is 3.04. The maximum atomic E-state index is 6.30. The molecule has 0 aromatic heterocycles. The van der Waals surface area contributed by atoms with Crippen LogP contribution in [-0.2, 0) is 0 Å². The van der Waals surface area contributed by atoms with E-state index in [0.717, 1.165) is 26.1 Å². The van der Waals surface area contributed by atoms with E-state index in [4.69, 9.17) is 11.6 Å². The molecule has 1 fully saturated rings. The Bertz CT molecular complexity index is 180. The Kier molecular flexibility index (Phi) is 4.23. The number of piperidine rings is 1. The van der Waals surface area contributed by atoms with Gasteiger partial charge in [0.25, 0.3) is 0 Å². The van der Waals surface area contributed by atoms with Crippen LogP contribution in [0.15, 0.2) is 0 Å². The van der Waals surface area contributed by atoms with Gasteiger partial charge in [0, 0.05) is 25.0 Å². The standard InChI is InChI=1S/C11H23ClN2/c1-11(2)9-14(6-5-10(11)12)8-7-13(3)4/h10H,5-9H2,1-4H3. The molecule has 1 aliphatic heterocycles. The Labute approximate surface area is 93.2 Å². The molecule has 0 radical (unpaired) electrons. The second-order valence-electron chi connectivity index (χ2n) is 5.32. The number of nitrogens with zero attached hydrogens (tertiary/aromatic N) is 2. The number of halogens is 1. The summed E-state index contributed by atoms with van der Waals surface area (Å²) in [6.45, 7) is 9.14. The monoisotopic (exact) mass is 218 g/mol. The third kappa shape index (κ3) is 3.41. The predicted octanol–water partition coefficient (Wildman–Crippen LogP) is 1.89. The lowest BCUT2D eigenvalue weighted by Gasteiger charge is -2.41. The molecule has 3 heteroatoms. The number of alkyl halides is 1. The van der Waals surface area contributed by atoms with Crippen LogP contribution in [0.1, 0.15) is 20.3 Å². The summed E-state index contributed by atoms with van der Waals surface area (Å²) in [7, 11) is 4.25. The summed E-state index contributed by atoms with van der Waals surface area (Å²) in [6, 6.07) is 0. The average molecular weight is 219 g/mol. The molecule has 0 aliphatic carbocycles. The van der Waals surface area contributed by atoms with E-state index in [0.29, 0.717) is 5.38 Å². The molecule has 0 amide bonds. The van der Waals surface area contributed by atoms with Gasteiger partial charge in [-0.2, -0.15) is 0 Å². The van der Waals surface area contributed by atoms with E-state index in [9.17, 15) is 0 Å². The summed E-state index contributed by atoms with van der Waals surface area (Å²) in [5.41, 5.74) is 0.270. The minimum absolute atomic E-state index is 0.270. The van der Waals surface area contributed by atoms with Gasteiger partial charge < -0.3 is 9.80 Å². The van der Waals surface area contributed by atoms with Crippen molar-refractivity contribution >= 4 is 11.6 Å². The van der Waals surface area contributed by atoms with Gasteiger partial charge in [0.2, 0.25) is 0 Å². The number of hydrogen-bond donors (Lipinski definition) is 0. The Morgan fingerprint density at radius 3 is 2.57 bits per heavy atom. The molecule has 0 aromatic rings. The second-order valence-corrected chi connectivity index (χ2v) is 5.85. The highest BCUT2D eigenvalue weighted by atomic mass is 35.5. The van der Waals surface area contributed by atoms with Crippen LogP contribution in [0, 0.1) is 5.41 Å². The van der Waals surface area contributed by atoms with Crippen LogP contribution in [0.5, 0.6) is 0 Å². The van der Waals surface area contributed by atoms with E-state index in [1.54, 1.807) is 0 Å². The van der Waals surface area contributed by atoms with Crippen molar-refractivity contribution in [1.82, 2.24) is 9.80 Å². The third-order valence-corrected chi connectivity index (χ3v) is 3.85. The molecular weight excluding hydrogens is 196 g/mol. The zero-order valence-corrected chi connectivity index (χ0v) is 10.6. The van der Waals surface area contributed by atoms with Gasteiger partial charge in [0.1, 0.15) is 0 Å². The van der Waals surface area contributed by atoms with Crippen LogP contribution < -0.4 is 0 Å². The molecule has 0 saturated carbocycles. The van der Waals surface area contributed by atoms with Crippen LogP contribution >= 0.6 is 11.6 Å². The first-order valence-corrected chi connectivity index (χ1v) is 5.86. The lowest BCUT2D eigenvalue weighted by molar-refractivity contribution is 0.114. The minimum atomic E-state index is 0.270. The SMILES string of the molecule is CN(C)CCN1CCC(Cl)C(C)(C)C1. The number of hydrogen-bond acceptors (Lipinski definition) is 2. The first kappa shape index (κ1) is 12.3. The molecule has 0 aromatic carbocycles. The fraction of sp³-hybridized carbons (Fsp3) is 1.00. The highest BCUT2D eigenvalue weighted by Gasteiger charge is 2.34. The van der Waals surface area contributed by atoms with Crippen molar-refractivity contribution in [1.29, 1.82) is 0 Å². The molecular formula is C11H23ClN2. The van der Waals surface area contributed by atoms with Crippen molar-refractivity contribution in [2.24, 2.45) is 5.41 Å². The molecule has 1 rings (SSSR count). The van der Waals surface area contributed by atoms with Gasteiger partial charge in [-0.1, -0.05) is 13.8 Å². The van der Waals surface area contributed by atoms with Crippen molar-refractivity contribution in [3.05, 3.63) is 0 Å². The zero-order valence-electron chi connectivity index (χ0n) is 9.89. The first-order chi connectivity index (χ1) is 6.42. The lowest BCUT2D eigenvalue weighted by Crippen LogP contribution is -2.48. The number of rotatable bonds is 3. The minimum Gasteiger partial charge on any atom is -0.308 e. The highest BCUT2D eigenvalue weighted by molar-refractivity contribution is 6.21. The van der Waals surface area contributed by atoms with Crippen LogP contribution in [0.25, 0.3) is 0 Å². The van der Waals surface area contributed by atoms with Crippen LogP contribution in [-0.4, -0.2) is 55.5 Å². The summed E-state index contributed by atoms with van der Waals surface area (Å²) in [5.74, 6) is 0. The first-order valence-electron chi connectivity index (χ1n) is 5.43. The molecule has 84 valence electrons. The van der Waals surface area contributed by atoms with Crippen molar-refractivity contribution in [3.63, 3.8) is 0 Å². The van der Waals surface area contributed by atoms with Crippen molar-refractivity contribution in [3.8, 4) is 0 Å². The van der Waals surface area contributed by atoms with Gasteiger partial charge in [-0.15, -0.1) is 11.6 Å². The summed E-state index contributed by atoms with van der Waals surface area (Å²) < 4.78 is 0. The lowest BCUT2D eigenvalue weighted by atomic mass is 9.83. The normalized spacial score (nSPS) is 28.3. The van der Waals surface area contributed by atoms with E-state index in [1.165, 1.54) is 6.54 Å². The summed E-state index contributed by atoms with van der Waals surface area (Å²) in [5, 5.41) is 0.345. The fourth-order valence-corrected chi connectivity index (χ4v) is 2.14. The van der Waals surface area contributed by atoms with Crippen LogP contribution in [0.2, 0.25) is 0 Å². The number of likely N-dealkylation sites (N-methyl/N-ethyl adjacent to an activating group) is 1. The summed E-state index contributed by atoms with van der Waals surface area (Å²) in [6.07, 6.45) is 1.13. The van der Waals surface area contributed by atoms with Gasteiger partial charge in [-0.25, -0.2) is 0 Å². The Balaban J connectivity index is 2.36. The zero-order chi connectivity index (χ0) is 10.8. The molecule has 0 spiro atoms. The largest absolute Gasteiger partial charge is 0.308 e. The van der Waals surface area contributed by atoms with E-state index in [2.05, 4.69) is 37.7 Å².